The van der Waals surface area contributed by atoms with E-state index in [2.05, 4.69) is 5.32 Å². The normalized spacial score (nSPS) is 48.2. The maximum Gasteiger partial charge on any atom is 0.317 e. The molecule has 4 aliphatic rings. The number of carbonyl (C=O) groups is 1. The number of carbonyl (C=O) groups excluding carboxylic acids is 1. The molecule has 0 aliphatic heterocycles. The second kappa shape index (κ2) is 4.62. The Hall–Kier alpha value is -0.770. The molecule has 2 bridgehead atoms. The number of hydrogen-bond acceptors (Lipinski definition) is 2. The van der Waals surface area contributed by atoms with E-state index in [1.54, 1.807) is 4.90 Å². The highest BCUT2D eigenvalue weighted by Crippen LogP contribution is 2.65. The van der Waals surface area contributed by atoms with Crippen molar-refractivity contribution in [3.8, 4) is 0 Å². The number of urea groups is 1. The van der Waals surface area contributed by atoms with E-state index in [-0.39, 0.29) is 18.1 Å². The molecule has 4 aliphatic carbocycles. The van der Waals surface area contributed by atoms with Crippen molar-refractivity contribution >= 4 is 6.03 Å². The van der Waals surface area contributed by atoms with Crippen LogP contribution in [-0.4, -0.2) is 41.8 Å². The summed E-state index contributed by atoms with van der Waals surface area (Å²) in [7, 11) is 1.87. The van der Waals surface area contributed by atoms with Crippen LogP contribution in [0.3, 0.4) is 0 Å². The summed E-state index contributed by atoms with van der Waals surface area (Å²) < 4.78 is 0. The molecule has 20 heavy (non-hydrogen) atoms. The zero-order valence-electron chi connectivity index (χ0n) is 12.3. The van der Waals surface area contributed by atoms with E-state index in [4.69, 9.17) is 0 Å². The van der Waals surface area contributed by atoms with Gasteiger partial charge in [0.25, 0.3) is 0 Å². The second-order valence-electron chi connectivity index (χ2n) is 7.60. The molecule has 4 rings (SSSR count). The van der Waals surface area contributed by atoms with Crippen molar-refractivity contribution in [2.75, 3.05) is 13.6 Å². The van der Waals surface area contributed by atoms with Gasteiger partial charge in [0.05, 0.1) is 6.10 Å². The molecule has 0 aromatic heterocycles. The van der Waals surface area contributed by atoms with Crippen molar-refractivity contribution in [1.82, 2.24) is 10.2 Å². The van der Waals surface area contributed by atoms with E-state index in [1.807, 2.05) is 7.05 Å². The molecule has 2 amide bonds. The molecule has 0 aromatic carbocycles. The third-order valence-corrected chi connectivity index (χ3v) is 6.50. The number of rotatable bonds is 3. The molecule has 2 N–H and O–H groups in total. The summed E-state index contributed by atoms with van der Waals surface area (Å²) in [6.45, 7) is 0.696. The minimum atomic E-state index is -0.207. The average Bonchev–Trinajstić information content (AvgIpc) is 2.81. The van der Waals surface area contributed by atoms with Gasteiger partial charge in [0.2, 0.25) is 0 Å². The Morgan fingerprint density at radius 1 is 1.20 bits per heavy atom. The van der Waals surface area contributed by atoms with Crippen molar-refractivity contribution < 1.29 is 9.90 Å². The van der Waals surface area contributed by atoms with Crippen LogP contribution in [0.15, 0.2) is 0 Å². The standard InChI is InChI=1S/C16H26N2O2/c1-18(8-11-3-2-4-12(11)19)16(20)17-15-13-9-5-6-10(7-9)14(13)15/h9-15,19H,2-8H2,1H3,(H,17,20). The third kappa shape index (κ3) is 1.95. The van der Waals surface area contributed by atoms with Crippen LogP contribution in [0.2, 0.25) is 0 Å². The highest BCUT2D eigenvalue weighted by atomic mass is 16.3. The van der Waals surface area contributed by atoms with Gasteiger partial charge in [0.15, 0.2) is 0 Å². The number of aliphatic hydroxyl groups excluding tert-OH is 1. The van der Waals surface area contributed by atoms with Gasteiger partial charge >= 0.3 is 6.03 Å². The molecule has 4 nitrogen and oxygen atoms in total. The highest BCUT2D eigenvalue weighted by Gasteiger charge is 2.65. The number of nitrogens with one attached hydrogen (secondary N) is 1. The predicted octanol–water partition coefficient (Wildman–Crippen LogP) is 1.83. The fourth-order valence-corrected chi connectivity index (χ4v) is 5.44. The van der Waals surface area contributed by atoms with Gasteiger partial charge in [-0.25, -0.2) is 4.79 Å². The Morgan fingerprint density at radius 3 is 2.50 bits per heavy atom. The molecule has 0 spiro atoms. The molecule has 0 aromatic rings. The van der Waals surface area contributed by atoms with Gasteiger partial charge < -0.3 is 15.3 Å². The van der Waals surface area contributed by atoms with Gasteiger partial charge in [-0.2, -0.15) is 0 Å². The van der Waals surface area contributed by atoms with Crippen LogP contribution in [0.5, 0.6) is 0 Å². The Balaban J connectivity index is 1.28. The summed E-state index contributed by atoms with van der Waals surface area (Å²) in [6, 6.07) is 0.535. The molecular formula is C16H26N2O2. The summed E-state index contributed by atoms with van der Waals surface area (Å²) in [6.07, 6.45) is 7.04. The van der Waals surface area contributed by atoms with Gasteiger partial charge in [0, 0.05) is 25.6 Å². The minimum absolute atomic E-state index is 0.0721. The first-order chi connectivity index (χ1) is 9.65. The predicted molar refractivity (Wildman–Crippen MR) is 76.1 cm³/mol. The summed E-state index contributed by atoms with van der Waals surface area (Å²) in [5.41, 5.74) is 0. The third-order valence-electron chi connectivity index (χ3n) is 6.50. The first kappa shape index (κ1) is 12.9. The number of fused-ring (bicyclic) bond motifs is 5. The van der Waals surface area contributed by atoms with Crippen molar-refractivity contribution in [2.24, 2.45) is 29.6 Å². The van der Waals surface area contributed by atoms with Crippen LogP contribution in [-0.2, 0) is 0 Å². The highest BCUT2D eigenvalue weighted by molar-refractivity contribution is 5.74. The Morgan fingerprint density at radius 2 is 1.90 bits per heavy atom. The van der Waals surface area contributed by atoms with Gasteiger partial charge in [0.1, 0.15) is 0 Å². The summed E-state index contributed by atoms with van der Waals surface area (Å²) in [5.74, 6) is 3.67. The van der Waals surface area contributed by atoms with Crippen molar-refractivity contribution in [1.29, 1.82) is 0 Å². The van der Waals surface area contributed by atoms with E-state index in [9.17, 15) is 9.90 Å². The molecule has 6 unspecified atom stereocenters. The van der Waals surface area contributed by atoms with Gasteiger partial charge in [-0.3, -0.25) is 0 Å². The van der Waals surface area contributed by atoms with Gasteiger partial charge in [-0.1, -0.05) is 6.42 Å². The molecule has 0 radical (unpaired) electrons. The van der Waals surface area contributed by atoms with E-state index >= 15 is 0 Å². The molecule has 0 heterocycles. The monoisotopic (exact) mass is 278 g/mol. The number of hydrogen-bond donors (Lipinski definition) is 2. The lowest BCUT2D eigenvalue weighted by Gasteiger charge is -2.24. The molecule has 4 heteroatoms. The zero-order chi connectivity index (χ0) is 13.9. The Labute approximate surface area is 120 Å². The van der Waals surface area contributed by atoms with Crippen LogP contribution < -0.4 is 5.32 Å². The number of aliphatic hydroxyl groups is 1. The molecular weight excluding hydrogens is 252 g/mol. The van der Waals surface area contributed by atoms with Crippen LogP contribution in [0.1, 0.15) is 38.5 Å². The summed E-state index contributed by atoms with van der Waals surface area (Å²) in [4.78, 5) is 14.1. The molecule has 6 atom stereocenters. The first-order valence-corrected chi connectivity index (χ1v) is 8.35. The Kier molecular flexibility index (Phi) is 2.99. The fraction of sp³-hybridized carbons (Fsp3) is 0.938. The van der Waals surface area contributed by atoms with Crippen LogP contribution in [0.25, 0.3) is 0 Å². The fourth-order valence-electron chi connectivity index (χ4n) is 5.44. The lowest BCUT2D eigenvalue weighted by molar-refractivity contribution is 0.113. The van der Waals surface area contributed by atoms with Crippen molar-refractivity contribution in [2.45, 2.75) is 50.7 Å². The van der Waals surface area contributed by atoms with Crippen LogP contribution in [0, 0.1) is 29.6 Å². The van der Waals surface area contributed by atoms with Gasteiger partial charge in [-0.15, -0.1) is 0 Å². The van der Waals surface area contributed by atoms with E-state index in [0.717, 1.165) is 42.9 Å². The SMILES string of the molecule is CN(CC1CCCC1O)C(=O)NC1C2C3CCC(C3)C12. The largest absolute Gasteiger partial charge is 0.393 e. The van der Waals surface area contributed by atoms with Crippen LogP contribution in [0.4, 0.5) is 4.79 Å². The van der Waals surface area contributed by atoms with Crippen molar-refractivity contribution in [3.05, 3.63) is 0 Å². The lowest BCUT2D eigenvalue weighted by atomic mass is 10.0. The number of nitrogens with zero attached hydrogens (tertiary/aromatic N) is 1. The first-order valence-electron chi connectivity index (χ1n) is 8.35. The Bertz CT molecular complexity index is 397. The van der Waals surface area contributed by atoms with E-state index < -0.39 is 0 Å². The van der Waals surface area contributed by atoms with Gasteiger partial charge in [-0.05, 0) is 55.8 Å². The lowest BCUT2D eigenvalue weighted by Crippen LogP contribution is -2.43. The van der Waals surface area contributed by atoms with Crippen molar-refractivity contribution in [3.63, 3.8) is 0 Å². The minimum Gasteiger partial charge on any atom is -0.393 e. The molecule has 4 fully saturated rings. The average molecular weight is 278 g/mol. The number of amides is 2. The molecule has 4 saturated carbocycles. The smallest absolute Gasteiger partial charge is 0.317 e. The second-order valence-corrected chi connectivity index (χ2v) is 7.60. The zero-order valence-corrected chi connectivity index (χ0v) is 12.3. The van der Waals surface area contributed by atoms with Crippen LogP contribution >= 0.6 is 0 Å². The van der Waals surface area contributed by atoms with E-state index in [0.29, 0.717) is 12.6 Å². The summed E-state index contributed by atoms with van der Waals surface area (Å²) in [5, 5.41) is 13.1. The summed E-state index contributed by atoms with van der Waals surface area (Å²) >= 11 is 0. The maximum absolute atomic E-state index is 12.3. The molecule has 0 saturated heterocycles. The molecule has 112 valence electrons. The topological polar surface area (TPSA) is 52.6 Å². The van der Waals surface area contributed by atoms with E-state index in [1.165, 1.54) is 19.3 Å². The maximum atomic E-state index is 12.3. The quantitative estimate of drug-likeness (QED) is 0.827.